The Morgan fingerprint density at radius 2 is 2.17 bits per heavy atom. The molecule has 134 valence electrons. The number of nitrogens with zero attached hydrogens (tertiary/aromatic N) is 1. The number of aliphatic imine (C=N–C) groups is 1. The van der Waals surface area contributed by atoms with E-state index in [2.05, 4.69) is 27.3 Å². The van der Waals surface area contributed by atoms with Crippen LogP contribution in [0.1, 0.15) is 32.3 Å². The summed E-state index contributed by atoms with van der Waals surface area (Å²) in [5.74, 6) is 2.06. The fraction of sp³-hybridized carbons (Fsp3) is 0.588. The third-order valence-corrected chi connectivity index (χ3v) is 5.41. The minimum atomic E-state index is -2.83. The summed E-state index contributed by atoms with van der Waals surface area (Å²) in [7, 11) is 0. The van der Waals surface area contributed by atoms with Gasteiger partial charge in [-0.25, -0.2) is 4.99 Å². The van der Waals surface area contributed by atoms with Gasteiger partial charge in [0.15, 0.2) is 5.96 Å². The Morgan fingerprint density at radius 1 is 1.38 bits per heavy atom. The number of hydrogen-bond acceptors (Lipinski definition) is 3. The van der Waals surface area contributed by atoms with E-state index in [0.29, 0.717) is 11.5 Å². The molecule has 1 aromatic carbocycles. The summed E-state index contributed by atoms with van der Waals surface area (Å²) < 4.78 is 29.7. The Bertz CT molecular complexity index is 548. The zero-order chi connectivity index (χ0) is 17.4. The van der Waals surface area contributed by atoms with Crippen molar-refractivity contribution in [3.8, 4) is 5.75 Å². The molecule has 0 radical (unpaired) electrons. The van der Waals surface area contributed by atoms with E-state index in [-0.39, 0.29) is 17.0 Å². The fourth-order valence-corrected chi connectivity index (χ4v) is 3.84. The number of nitrogens with one attached hydrogen (secondary N) is 2. The van der Waals surface area contributed by atoms with Crippen molar-refractivity contribution in [2.45, 2.75) is 44.6 Å². The highest BCUT2D eigenvalue weighted by atomic mass is 32.2. The second-order valence-electron chi connectivity index (χ2n) is 5.94. The number of hydrogen-bond donors (Lipinski definition) is 2. The first kappa shape index (κ1) is 18.8. The molecule has 1 unspecified atom stereocenters. The van der Waals surface area contributed by atoms with Gasteiger partial charge in [0.05, 0.1) is 6.54 Å². The Kier molecular flexibility index (Phi) is 7.15. The lowest BCUT2D eigenvalue weighted by Gasteiger charge is -2.24. The van der Waals surface area contributed by atoms with Crippen molar-refractivity contribution in [2.24, 2.45) is 4.99 Å². The molecule has 7 heteroatoms. The van der Waals surface area contributed by atoms with Crippen LogP contribution >= 0.6 is 11.8 Å². The molecule has 1 fully saturated rings. The number of halogens is 2. The van der Waals surface area contributed by atoms with Crippen molar-refractivity contribution < 1.29 is 13.5 Å². The summed E-state index contributed by atoms with van der Waals surface area (Å²) in [6.07, 6.45) is 2.43. The smallest absolute Gasteiger partial charge is 0.387 e. The molecule has 1 atom stereocenters. The highest BCUT2D eigenvalue weighted by Crippen LogP contribution is 2.36. The maximum atomic E-state index is 12.5. The zero-order valence-electron chi connectivity index (χ0n) is 14.1. The number of benzene rings is 1. The third-order valence-electron chi connectivity index (χ3n) is 3.87. The summed E-state index contributed by atoms with van der Waals surface area (Å²) >= 11 is 1.98. The van der Waals surface area contributed by atoms with Crippen LogP contribution in [0.2, 0.25) is 0 Å². The van der Waals surface area contributed by atoms with Gasteiger partial charge in [-0.2, -0.15) is 20.5 Å². The van der Waals surface area contributed by atoms with Gasteiger partial charge in [-0.3, -0.25) is 0 Å². The van der Waals surface area contributed by atoms with Gasteiger partial charge in [0, 0.05) is 23.4 Å². The van der Waals surface area contributed by atoms with Crippen LogP contribution < -0.4 is 15.4 Å². The molecular weight excluding hydrogens is 332 g/mol. The van der Waals surface area contributed by atoms with E-state index < -0.39 is 6.61 Å². The van der Waals surface area contributed by atoms with Crippen LogP contribution in [0, 0.1) is 0 Å². The van der Waals surface area contributed by atoms with Crippen molar-refractivity contribution in [2.75, 3.05) is 18.8 Å². The second-order valence-corrected chi connectivity index (χ2v) is 7.62. The SMILES string of the molecule is CCNC(=NCc1ccccc1OC(F)F)NCC1(C)CCCS1. The van der Waals surface area contributed by atoms with Gasteiger partial charge in [0.2, 0.25) is 0 Å². The minimum absolute atomic E-state index is 0.172. The summed E-state index contributed by atoms with van der Waals surface area (Å²) in [6, 6.07) is 6.75. The van der Waals surface area contributed by atoms with Gasteiger partial charge in [-0.15, -0.1) is 0 Å². The Balaban J connectivity index is 2.00. The van der Waals surface area contributed by atoms with Gasteiger partial charge in [0.1, 0.15) is 5.75 Å². The van der Waals surface area contributed by atoms with Crippen molar-refractivity contribution in [1.29, 1.82) is 0 Å². The molecule has 2 N–H and O–H groups in total. The van der Waals surface area contributed by atoms with Gasteiger partial charge in [0.25, 0.3) is 0 Å². The molecule has 0 spiro atoms. The monoisotopic (exact) mass is 357 g/mol. The van der Waals surface area contributed by atoms with Crippen molar-refractivity contribution in [3.63, 3.8) is 0 Å². The zero-order valence-corrected chi connectivity index (χ0v) is 15.0. The van der Waals surface area contributed by atoms with Crippen LogP contribution in [0.25, 0.3) is 0 Å². The van der Waals surface area contributed by atoms with Crippen LogP contribution in [0.5, 0.6) is 5.75 Å². The molecule has 24 heavy (non-hydrogen) atoms. The lowest BCUT2D eigenvalue weighted by atomic mass is 10.1. The normalized spacial score (nSPS) is 21.1. The maximum Gasteiger partial charge on any atom is 0.387 e. The Hall–Kier alpha value is -1.50. The van der Waals surface area contributed by atoms with E-state index in [1.165, 1.54) is 24.7 Å². The number of ether oxygens (including phenoxy) is 1. The molecular formula is C17H25F2N3OS. The van der Waals surface area contributed by atoms with Gasteiger partial charge in [-0.05, 0) is 38.5 Å². The van der Waals surface area contributed by atoms with E-state index in [9.17, 15) is 8.78 Å². The summed E-state index contributed by atoms with van der Waals surface area (Å²) in [5, 5.41) is 6.56. The van der Waals surface area contributed by atoms with Gasteiger partial charge >= 0.3 is 6.61 Å². The molecule has 1 heterocycles. The van der Waals surface area contributed by atoms with E-state index in [0.717, 1.165) is 13.1 Å². The summed E-state index contributed by atoms with van der Waals surface area (Å²) in [5.41, 5.74) is 0.636. The lowest BCUT2D eigenvalue weighted by molar-refractivity contribution is -0.0504. The molecule has 0 aliphatic carbocycles. The molecule has 1 aliphatic rings. The number of thioether (sulfide) groups is 1. The number of rotatable bonds is 7. The first-order valence-electron chi connectivity index (χ1n) is 8.21. The number of alkyl halides is 2. The van der Waals surface area contributed by atoms with Crippen molar-refractivity contribution >= 4 is 17.7 Å². The van der Waals surface area contributed by atoms with Crippen LogP contribution in [0.4, 0.5) is 8.78 Å². The second kappa shape index (κ2) is 9.11. The molecule has 1 aromatic rings. The van der Waals surface area contributed by atoms with Crippen LogP contribution in [-0.2, 0) is 6.54 Å². The van der Waals surface area contributed by atoms with Crippen molar-refractivity contribution in [1.82, 2.24) is 10.6 Å². The average Bonchev–Trinajstić information content (AvgIpc) is 2.98. The summed E-state index contributed by atoms with van der Waals surface area (Å²) in [6.45, 7) is 3.27. The minimum Gasteiger partial charge on any atom is -0.434 e. The first-order valence-corrected chi connectivity index (χ1v) is 9.20. The molecule has 0 bridgehead atoms. The van der Waals surface area contributed by atoms with Crippen LogP contribution in [0.3, 0.4) is 0 Å². The molecule has 1 saturated heterocycles. The lowest BCUT2D eigenvalue weighted by Crippen LogP contribution is -2.43. The van der Waals surface area contributed by atoms with E-state index in [1.54, 1.807) is 18.2 Å². The van der Waals surface area contributed by atoms with Crippen LogP contribution in [-0.4, -0.2) is 36.2 Å². The number of para-hydroxylation sites is 1. The predicted octanol–water partition coefficient (Wildman–Crippen LogP) is 3.63. The largest absolute Gasteiger partial charge is 0.434 e. The highest BCUT2D eigenvalue weighted by molar-refractivity contribution is 8.00. The molecule has 0 amide bonds. The maximum absolute atomic E-state index is 12.5. The standard InChI is InChI=1S/C17H25F2N3OS/c1-3-20-16(22-12-17(2)9-6-10-24-17)21-11-13-7-4-5-8-14(13)23-15(18)19/h4-5,7-8,15H,3,6,9-12H2,1-2H3,(H2,20,21,22). The van der Waals surface area contributed by atoms with Crippen molar-refractivity contribution in [3.05, 3.63) is 29.8 Å². The molecule has 0 saturated carbocycles. The number of guanidine groups is 1. The average molecular weight is 357 g/mol. The van der Waals surface area contributed by atoms with E-state index in [1.807, 2.05) is 18.7 Å². The van der Waals surface area contributed by atoms with E-state index >= 15 is 0 Å². The topological polar surface area (TPSA) is 45.7 Å². The quantitative estimate of drug-likeness (QED) is 0.578. The molecule has 0 aromatic heterocycles. The molecule has 4 nitrogen and oxygen atoms in total. The van der Waals surface area contributed by atoms with E-state index in [4.69, 9.17) is 0 Å². The third kappa shape index (κ3) is 5.85. The highest BCUT2D eigenvalue weighted by Gasteiger charge is 2.29. The fourth-order valence-electron chi connectivity index (χ4n) is 2.60. The van der Waals surface area contributed by atoms with Crippen LogP contribution in [0.15, 0.2) is 29.3 Å². The van der Waals surface area contributed by atoms with Gasteiger partial charge in [-0.1, -0.05) is 18.2 Å². The predicted molar refractivity (Wildman–Crippen MR) is 96.0 cm³/mol. The van der Waals surface area contributed by atoms with Gasteiger partial charge < -0.3 is 15.4 Å². The molecule has 2 rings (SSSR count). The Morgan fingerprint density at radius 3 is 2.83 bits per heavy atom. The first-order chi connectivity index (χ1) is 11.5. The Labute approximate surface area is 146 Å². The summed E-state index contributed by atoms with van der Waals surface area (Å²) in [4.78, 5) is 4.50. The molecule has 1 aliphatic heterocycles.